The number of amides is 1. The number of nitrogens with zero attached hydrogens (tertiary/aromatic N) is 2. The summed E-state index contributed by atoms with van der Waals surface area (Å²) in [6.45, 7) is 2.01. The zero-order valence-electron chi connectivity index (χ0n) is 17.7. The molecule has 5 rings (SSSR count). The van der Waals surface area contributed by atoms with E-state index in [0.717, 1.165) is 23.2 Å². The maximum atomic E-state index is 13.4. The van der Waals surface area contributed by atoms with E-state index in [-0.39, 0.29) is 18.0 Å². The molecule has 0 fully saturated rings. The van der Waals surface area contributed by atoms with Gasteiger partial charge < -0.3 is 10.1 Å². The van der Waals surface area contributed by atoms with Crippen molar-refractivity contribution < 1.29 is 9.53 Å². The molecule has 0 aliphatic carbocycles. The van der Waals surface area contributed by atoms with Crippen LogP contribution in [0.1, 0.15) is 23.6 Å². The molecule has 0 atom stereocenters. The van der Waals surface area contributed by atoms with Crippen molar-refractivity contribution in [3.63, 3.8) is 0 Å². The number of hydrogen-bond donors (Lipinski definition) is 1. The van der Waals surface area contributed by atoms with Crippen molar-refractivity contribution in [2.75, 3.05) is 5.32 Å². The molecule has 0 unspecified atom stereocenters. The van der Waals surface area contributed by atoms with Crippen molar-refractivity contribution in [2.24, 2.45) is 0 Å². The van der Waals surface area contributed by atoms with Gasteiger partial charge in [-0.3, -0.25) is 9.59 Å². The second kappa shape index (κ2) is 8.23. The first-order valence-electron chi connectivity index (χ1n) is 10.7. The van der Waals surface area contributed by atoms with E-state index in [4.69, 9.17) is 4.74 Å². The first-order valence-corrected chi connectivity index (χ1v) is 10.7. The Bertz CT molecular complexity index is 1350. The molecule has 0 radical (unpaired) electrons. The van der Waals surface area contributed by atoms with Gasteiger partial charge in [-0.05, 0) is 47.9 Å². The lowest BCUT2D eigenvalue weighted by Crippen LogP contribution is -2.27. The van der Waals surface area contributed by atoms with Gasteiger partial charge in [0.05, 0.1) is 11.3 Å². The largest absolute Gasteiger partial charge is 0.439 e. The average Bonchev–Trinajstić information content (AvgIpc) is 3.08. The number of aromatic nitrogens is 2. The highest BCUT2D eigenvalue weighted by Crippen LogP contribution is 2.35. The maximum absolute atomic E-state index is 13.4. The molecular weight excluding hydrogens is 402 g/mol. The van der Waals surface area contributed by atoms with E-state index in [9.17, 15) is 9.59 Å². The Hall–Kier alpha value is -4.06. The average molecular weight is 425 g/mol. The fourth-order valence-corrected chi connectivity index (χ4v) is 4.06. The summed E-state index contributed by atoms with van der Waals surface area (Å²) in [4.78, 5) is 26.4. The standard InChI is InChI=1S/C26H23N3O3/c1-2-18-9-8-11-20(15-18)27-24(30)17-28-26-22(16-19-10-6-7-14-23(19)32-26)25(31)29(28)21-12-4-3-5-13-21/h3-15H,2,16-17H2,1H3,(H,27,30). The minimum Gasteiger partial charge on any atom is -0.439 e. The Morgan fingerprint density at radius 3 is 2.59 bits per heavy atom. The highest BCUT2D eigenvalue weighted by atomic mass is 16.5. The molecule has 3 aromatic carbocycles. The van der Waals surface area contributed by atoms with Gasteiger partial charge in [0.15, 0.2) is 0 Å². The van der Waals surface area contributed by atoms with Gasteiger partial charge in [0.25, 0.3) is 5.56 Å². The van der Waals surface area contributed by atoms with Gasteiger partial charge in [0, 0.05) is 12.1 Å². The normalized spacial score (nSPS) is 11.9. The molecule has 0 saturated carbocycles. The minimum absolute atomic E-state index is 0.0576. The second-order valence-electron chi connectivity index (χ2n) is 7.78. The molecule has 0 spiro atoms. The van der Waals surface area contributed by atoms with Gasteiger partial charge in [0.1, 0.15) is 12.3 Å². The maximum Gasteiger partial charge on any atom is 0.278 e. The van der Waals surface area contributed by atoms with Crippen LogP contribution in [-0.2, 0) is 24.2 Å². The molecule has 4 aromatic rings. The van der Waals surface area contributed by atoms with Crippen LogP contribution in [0.5, 0.6) is 11.6 Å². The fourth-order valence-electron chi connectivity index (χ4n) is 4.06. The predicted molar refractivity (Wildman–Crippen MR) is 124 cm³/mol. The number of rotatable bonds is 5. The van der Waals surface area contributed by atoms with Gasteiger partial charge in [-0.2, -0.15) is 0 Å². The molecule has 1 N–H and O–H groups in total. The number of benzene rings is 3. The van der Waals surface area contributed by atoms with Crippen LogP contribution >= 0.6 is 0 Å². The SMILES string of the molecule is CCc1cccc(NC(=O)Cn2c3c(c(=O)n2-c2ccccc2)Cc2ccccc2O3)c1. The van der Waals surface area contributed by atoms with E-state index in [1.165, 1.54) is 4.68 Å². The summed E-state index contributed by atoms with van der Waals surface area (Å²) in [5, 5.41) is 2.95. The number of carbonyl (C=O) groups excluding carboxylic acids is 1. The molecule has 0 saturated heterocycles. The molecule has 32 heavy (non-hydrogen) atoms. The lowest BCUT2D eigenvalue weighted by molar-refractivity contribution is -0.117. The molecule has 1 aliphatic rings. The fraction of sp³-hybridized carbons (Fsp3) is 0.154. The molecule has 6 heteroatoms. The van der Waals surface area contributed by atoms with Crippen molar-refractivity contribution >= 4 is 11.6 Å². The van der Waals surface area contributed by atoms with Gasteiger partial charge >= 0.3 is 0 Å². The van der Waals surface area contributed by atoms with Crippen molar-refractivity contribution in [1.82, 2.24) is 9.36 Å². The number of fused-ring (bicyclic) bond motifs is 2. The third kappa shape index (κ3) is 3.60. The summed E-state index contributed by atoms with van der Waals surface area (Å²) in [5.74, 6) is 0.883. The van der Waals surface area contributed by atoms with Crippen molar-refractivity contribution in [3.8, 4) is 17.3 Å². The summed E-state index contributed by atoms with van der Waals surface area (Å²) in [6.07, 6.45) is 1.35. The third-order valence-electron chi connectivity index (χ3n) is 5.64. The summed E-state index contributed by atoms with van der Waals surface area (Å²) < 4.78 is 9.29. The number of aryl methyl sites for hydroxylation is 1. The molecule has 6 nitrogen and oxygen atoms in total. The lowest BCUT2D eigenvalue weighted by Gasteiger charge is -2.19. The summed E-state index contributed by atoms with van der Waals surface area (Å²) in [7, 11) is 0. The van der Waals surface area contributed by atoms with Crippen LogP contribution in [0.3, 0.4) is 0 Å². The van der Waals surface area contributed by atoms with E-state index in [2.05, 4.69) is 12.2 Å². The molecular formula is C26H23N3O3. The number of nitrogens with one attached hydrogen (secondary N) is 1. The lowest BCUT2D eigenvalue weighted by atomic mass is 10.0. The quantitative estimate of drug-likeness (QED) is 0.450. The van der Waals surface area contributed by atoms with Crippen LogP contribution in [0.25, 0.3) is 5.69 Å². The van der Waals surface area contributed by atoms with Crippen LogP contribution in [0, 0.1) is 0 Å². The zero-order chi connectivity index (χ0) is 22.1. The Balaban J connectivity index is 1.55. The van der Waals surface area contributed by atoms with E-state index < -0.39 is 0 Å². The van der Waals surface area contributed by atoms with Gasteiger partial charge in [-0.25, -0.2) is 9.36 Å². The first kappa shape index (κ1) is 19.9. The zero-order valence-corrected chi connectivity index (χ0v) is 17.7. The van der Waals surface area contributed by atoms with E-state index in [1.54, 1.807) is 4.68 Å². The summed E-state index contributed by atoms with van der Waals surface area (Å²) in [6, 6.07) is 24.7. The monoisotopic (exact) mass is 425 g/mol. The summed E-state index contributed by atoms with van der Waals surface area (Å²) >= 11 is 0. The van der Waals surface area contributed by atoms with Crippen molar-refractivity contribution in [3.05, 3.63) is 106 Å². The molecule has 1 aromatic heterocycles. The molecule has 1 aliphatic heterocycles. The Morgan fingerprint density at radius 2 is 1.78 bits per heavy atom. The minimum atomic E-state index is -0.233. The molecule has 2 heterocycles. The third-order valence-corrected chi connectivity index (χ3v) is 5.64. The Morgan fingerprint density at radius 1 is 1.00 bits per heavy atom. The van der Waals surface area contributed by atoms with E-state index in [1.807, 2.05) is 78.9 Å². The van der Waals surface area contributed by atoms with E-state index >= 15 is 0 Å². The Labute approximate surface area is 185 Å². The van der Waals surface area contributed by atoms with Crippen LogP contribution in [-0.4, -0.2) is 15.3 Å². The predicted octanol–water partition coefficient (Wildman–Crippen LogP) is 4.54. The van der Waals surface area contributed by atoms with Crippen LogP contribution in [0.15, 0.2) is 83.7 Å². The molecule has 1 amide bonds. The number of ether oxygens (including phenoxy) is 1. The highest BCUT2D eigenvalue weighted by Gasteiger charge is 2.29. The van der Waals surface area contributed by atoms with Crippen LogP contribution in [0.4, 0.5) is 5.69 Å². The number of hydrogen-bond acceptors (Lipinski definition) is 3. The second-order valence-corrected chi connectivity index (χ2v) is 7.78. The van der Waals surface area contributed by atoms with Crippen LogP contribution < -0.4 is 15.6 Å². The van der Waals surface area contributed by atoms with E-state index in [0.29, 0.717) is 29.3 Å². The van der Waals surface area contributed by atoms with Crippen molar-refractivity contribution in [1.29, 1.82) is 0 Å². The van der Waals surface area contributed by atoms with Gasteiger partial charge in [-0.1, -0.05) is 55.5 Å². The van der Waals surface area contributed by atoms with Crippen molar-refractivity contribution in [2.45, 2.75) is 26.3 Å². The number of para-hydroxylation sites is 2. The van der Waals surface area contributed by atoms with Gasteiger partial charge in [0.2, 0.25) is 11.8 Å². The highest BCUT2D eigenvalue weighted by molar-refractivity contribution is 5.90. The molecule has 160 valence electrons. The van der Waals surface area contributed by atoms with Crippen LogP contribution in [0.2, 0.25) is 0 Å². The Kier molecular flexibility index (Phi) is 5.11. The van der Waals surface area contributed by atoms with Gasteiger partial charge in [-0.15, -0.1) is 0 Å². The number of carbonyl (C=O) groups is 1. The summed E-state index contributed by atoms with van der Waals surface area (Å²) in [5.41, 5.74) is 3.88. The molecule has 0 bridgehead atoms. The first-order chi connectivity index (χ1) is 15.6. The smallest absolute Gasteiger partial charge is 0.278 e. The number of anilines is 1. The topological polar surface area (TPSA) is 65.3 Å².